The molecule has 3 aromatic carbocycles. The van der Waals surface area contributed by atoms with Gasteiger partial charge in [0.15, 0.2) is 5.76 Å². The minimum atomic E-state index is -0.428. The molecular formula is C24H15Cl3N2O3. The van der Waals surface area contributed by atoms with E-state index in [1.54, 1.807) is 66.7 Å². The van der Waals surface area contributed by atoms with Gasteiger partial charge < -0.3 is 15.1 Å². The zero-order chi connectivity index (χ0) is 22.7. The highest BCUT2D eigenvalue weighted by Gasteiger charge is 2.14. The molecule has 32 heavy (non-hydrogen) atoms. The summed E-state index contributed by atoms with van der Waals surface area (Å²) in [5.74, 6) is -0.157. The number of amides is 2. The van der Waals surface area contributed by atoms with E-state index in [1.807, 2.05) is 6.07 Å². The third-order valence-electron chi connectivity index (χ3n) is 4.49. The molecule has 0 aliphatic rings. The maximum absolute atomic E-state index is 12.6. The van der Waals surface area contributed by atoms with Gasteiger partial charge in [-0.25, -0.2) is 0 Å². The first-order chi connectivity index (χ1) is 15.4. The van der Waals surface area contributed by atoms with Crippen molar-refractivity contribution < 1.29 is 14.0 Å². The number of halogens is 3. The number of nitrogens with one attached hydrogen (secondary N) is 2. The maximum atomic E-state index is 12.6. The van der Waals surface area contributed by atoms with E-state index >= 15 is 0 Å². The third-order valence-corrected chi connectivity index (χ3v) is 5.28. The summed E-state index contributed by atoms with van der Waals surface area (Å²) in [5.41, 5.74) is 2.02. The Labute approximate surface area is 198 Å². The topological polar surface area (TPSA) is 71.3 Å². The first-order valence-electron chi connectivity index (χ1n) is 9.42. The van der Waals surface area contributed by atoms with Gasteiger partial charge in [0.05, 0.1) is 10.6 Å². The fraction of sp³-hybridized carbons (Fsp3) is 0. The molecule has 0 saturated carbocycles. The van der Waals surface area contributed by atoms with Crippen molar-refractivity contribution in [1.29, 1.82) is 0 Å². The first-order valence-corrected chi connectivity index (χ1v) is 10.6. The predicted molar refractivity (Wildman–Crippen MR) is 128 cm³/mol. The van der Waals surface area contributed by atoms with E-state index in [1.165, 1.54) is 6.07 Å². The van der Waals surface area contributed by atoms with Crippen molar-refractivity contribution >= 4 is 58.0 Å². The van der Waals surface area contributed by atoms with E-state index in [-0.39, 0.29) is 16.3 Å². The van der Waals surface area contributed by atoms with Crippen molar-refractivity contribution in [3.05, 3.63) is 105 Å². The fourth-order valence-corrected chi connectivity index (χ4v) is 3.68. The summed E-state index contributed by atoms with van der Waals surface area (Å²) >= 11 is 18.0. The van der Waals surface area contributed by atoms with Gasteiger partial charge in [-0.1, -0.05) is 53.0 Å². The number of hydrogen-bond donors (Lipinski definition) is 2. The summed E-state index contributed by atoms with van der Waals surface area (Å²) in [5, 5.41) is 6.76. The van der Waals surface area contributed by atoms with Gasteiger partial charge in [-0.2, -0.15) is 0 Å². The number of furan rings is 1. The van der Waals surface area contributed by atoms with E-state index in [2.05, 4.69) is 10.6 Å². The molecule has 1 heterocycles. The fourth-order valence-electron chi connectivity index (χ4n) is 3.00. The highest BCUT2D eigenvalue weighted by Crippen LogP contribution is 2.26. The number of carbonyl (C=O) groups excluding carboxylic acids is 2. The number of rotatable bonds is 5. The molecule has 0 atom stereocenters. The minimum Gasteiger partial charge on any atom is -0.451 e. The van der Waals surface area contributed by atoms with Gasteiger partial charge in [-0.15, -0.1) is 0 Å². The Morgan fingerprint density at radius 2 is 1.38 bits per heavy atom. The molecule has 2 amide bonds. The number of anilines is 2. The zero-order valence-corrected chi connectivity index (χ0v) is 18.6. The van der Waals surface area contributed by atoms with Crippen molar-refractivity contribution in [3.63, 3.8) is 0 Å². The van der Waals surface area contributed by atoms with Crippen LogP contribution in [0.4, 0.5) is 11.4 Å². The van der Waals surface area contributed by atoms with Crippen molar-refractivity contribution in [2.45, 2.75) is 0 Å². The Kier molecular flexibility index (Phi) is 6.51. The van der Waals surface area contributed by atoms with E-state index in [0.29, 0.717) is 27.2 Å². The first kappa shape index (κ1) is 22.0. The molecule has 8 heteroatoms. The molecule has 0 unspecified atom stereocenters. The summed E-state index contributed by atoms with van der Waals surface area (Å²) in [6.45, 7) is 0. The van der Waals surface area contributed by atoms with E-state index in [4.69, 9.17) is 39.2 Å². The lowest BCUT2D eigenvalue weighted by Gasteiger charge is -2.09. The zero-order valence-electron chi connectivity index (χ0n) is 16.4. The second-order valence-electron chi connectivity index (χ2n) is 6.79. The van der Waals surface area contributed by atoms with Gasteiger partial charge >= 0.3 is 0 Å². The van der Waals surface area contributed by atoms with Crippen molar-refractivity contribution in [2.75, 3.05) is 10.6 Å². The van der Waals surface area contributed by atoms with Crippen LogP contribution in [0.25, 0.3) is 11.3 Å². The van der Waals surface area contributed by atoms with Gasteiger partial charge in [0, 0.05) is 27.0 Å². The highest BCUT2D eigenvalue weighted by atomic mass is 35.5. The van der Waals surface area contributed by atoms with Crippen LogP contribution in [0.1, 0.15) is 20.9 Å². The van der Waals surface area contributed by atoms with Crippen molar-refractivity contribution in [3.8, 4) is 11.3 Å². The molecule has 0 aliphatic carbocycles. The molecule has 0 radical (unpaired) electrons. The molecule has 4 rings (SSSR count). The van der Waals surface area contributed by atoms with Crippen molar-refractivity contribution in [2.24, 2.45) is 0 Å². The minimum absolute atomic E-state index is 0.141. The van der Waals surface area contributed by atoms with Crippen LogP contribution in [-0.4, -0.2) is 11.8 Å². The summed E-state index contributed by atoms with van der Waals surface area (Å²) in [4.78, 5) is 25.1. The number of benzene rings is 3. The molecule has 0 fully saturated rings. The predicted octanol–water partition coefficient (Wildman–Crippen LogP) is 7.41. The molecule has 1 aromatic heterocycles. The average Bonchev–Trinajstić information content (AvgIpc) is 3.24. The van der Waals surface area contributed by atoms with Crippen LogP contribution >= 0.6 is 34.8 Å². The summed E-state index contributed by atoms with van der Waals surface area (Å²) in [6.07, 6.45) is 0. The molecule has 2 N–H and O–H groups in total. The van der Waals surface area contributed by atoms with Gasteiger partial charge in [-0.3, -0.25) is 9.59 Å². The standard InChI is InChI=1S/C24H15Cl3N2O3/c25-15-4-1-3-14(11-15)21-9-10-22(32-21)24(31)29-18-6-2-5-17(13-18)28-23(30)19-8-7-16(26)12-20(19)27/h1-13H,(H,28,30)(H,29,31). The molecule has 0 saturated heterocycles. The SMILES string of the molecule is O=C(Nc1cccc(NC(=O)c2ccc(Cl)cc2Cl)c1)c1ccc(-c2cccc(Cl)c2)o1. The highest BCUT2D eigenvalue weighted by molar-refractivity contribution is 6.37. The van der Waals surface area contributed by atoms with Gasteiger partial charge in [-0.05, 0) is 60.7 Å². The Balaban J connectivity index is 1.46. The average molecular weight is 486 g/mol. The maximum Gasteiger partial charge on any atom is 0.291 e. The Hall–Kier alpha value is -3.25. The Morgan fingerprint density at radius 3 is 2.09 bits per heavy atom. The monoisotopic (exact) mass is 484 g/mol. The molecule has 5 nitrogen and oxygen atoms in total. The van der Waals surface area contributed by atoms with Crippen LogP contribution in [0.15, 0.2) is 83.3 Å². The second-order valence-corrected chi connectivity index (χ2v) is 8.07. The number of carbonyl (C=O) groups is 2. The smallest absolute Gasteiger partial charge is 0.291 e. The van der Waals surface area contributed by atoms with Gasteiger partial charge in [0.2, 0.25) is 0 Å². The molecule has 4 aromatic rings. The van der Waals surface area contributed by atoms with Crippen LogP contribution in [0.3, 0.4) is 0 Å². The lowest BCUT2D eigenvalue weighted by molar-refractivity contribution is 0.0995. The van der Waals surface area contributed by atoms with Crippen LogP contribution in [-0.2, 0) is 0 Å². The molecule has 0 aliphatic heterocycles. The largest absolute Gasteiger partial charge is 0.451 e. The van der Waals surface area contributed by atoms with Crippen LogP contribution in [0.2, 0.25) is 15.1 Å². The lowest BCUT2D eigenvalue weighted by Crippen LogP contribution is -2.14. The number of hydrogen-bond acceptors (Lipinski definition) is 3. The van der Waals surface area contributed by atoms with E-state index in [0.717, 1.165) is 5.56 Å². The van der Waals surface area contributed by atoms with E-state index in [9.17, 15) is 9.59 Å². The Morgan fingerprint density at radius 1 is 0.688 bits per heavy atom. The molecule has 0 bridgehead atoms. The van der Waals surface area contributed by atoms with Gasteiger partial charge in [0.25, 0.3) is 11.8 Å². The Bertz CT molecular complexity index is 1320. The van der Waals surface area contributed by atoms with Crippen LogP contribution in [0.5, 0.6) is 0 Å². The lowest BCUT2D eigenvalue weighted by atomic mass is 10.2. The van der Waals surface area contributed by atoms with Crippen LogP contribution in [0, 0.1) is 0 Å². The van der Waals surface area contributed by atoms with Crippen molar-refractivity contribution in [1.82, 2.24) is 0 Å². The molecular weight excluding hydrogens is 471 g/mol. The second kappa shape index (κ2) is 9.49. The van der Waals surface area contributed by atoms with Crippen LogP contribution < -0.4 is 10.6 Å². The summed E-state index contributed by atoms with van der Waals surface area (Å²) < 4.78 is 5.67. The normalized spacial score (nSPS) is 10.6. The third kappa shape index (κ3) is 5.14. The summed E-state index contributed by atoms with van der Waals surface area (Å²) in [6, 6.07) is 21.8. The quantitative estimate of drug-likeness (QED) is 0.309. The van der Waals surface area contributed by atoms with Gasteiger partial charge in [0.1, 0.15) is 5.76 Å². The summed E-state index contributed by atoms with van der Waals surface area (Å²) in [7, 11) is 0. The molecule has 0 spiro atoms. The molecule has 160 valence electrons. The van der Waals surface area contributed by atoms with E-state index < -0.39 is 11.8 Å².